The predicted octanol–water partition coefficient (Wildman–Crippen LogP) is 5.67. The standard InChI is InChI=1S/C21H17Cl2NO2/c22-10-19-21(25-12-14-4-2-1-3-5-14)18-13-26-20(17(18)11-24-19)15-6-8-16(23)9-7-15/h1-9,11,20H,10,12-13H2. The van der Waals surface area contributed by atoms with E-state index < -0.39 is 0 Å². The topological polar surface area (TPSA) is 31.4 Å². The number of rotatable bonds is 5. The summed E-state index contributed by atoms with van der Waals surface area (Å²) in [5.74, 6) is 1.03. The third-order valence-electron chi connectivity index (χ3n) is 4.45. The Labute approximate surface area is 162 Å². The van der Waals surface area contributed by atoms with E-state index in [4.69, 9.17) is 32.7 Å². The number of aromatic nitrogens is 1. The summed E-state index contributed by atoms with van der Waals surface area (Å²) >= 11 is 12.1. The van der Waals surface area contributed by atoms with Gasteiger partial charge in [-0.25, -0.2) is 0 Å². The second-order valence-electron chi connectivity index (χ2n) is 6.12. The normalized spacial score (nSPS) is 15.7. The van der Waals surface area contributed by atoms with E-state index in [-0.39, 0.29) is 6.10 Å². The van der Waals surface area contributed by atoms with Gasteiger partial charge in [0.15, 0.2) is 0 Å². The molecule has 1 aromatic heterocycles. The van der Waals surface area contributed by atoms with Crippen molar-refractivity contribution in [3.63, 3.8) is 0 Å². The third-order valence-corrected chi connectivity index (χ3v) is 4.95. The van der Waals surface area contributed by atoms with Gasteiger partial charge in [0.25, 0.3) is 0 Å². The van der Waals surface area contributed by atoms with Crippen molar-refractivity contribution in [3.8, 4) is 5.75 Å². The van der Waals surface area contributed by atoms with Crippen LogP contribution in [0.25, 0.3) is 0 Å². The van der Waals surface area contributed by atoms with E-state index >= 15 is 0 Å². The van der Waals surface area contributed by atoms with E-state index in [1.807, 2.05) is 60.8 Å². The van der Waals surface area contributed by atoms with E-state index in [2.05, 4.69) is 4.98 Å². The number of fused-ring (bicyclic) bond motifs is 1. The van der Waals surface area contributed by atoms with Crippen LogP contribution < -0.4 is 4.74 Å². The van der Waals surface area contributed by atoms with Gasteiger partial charge in [-0.3, -0.25) is 4.98 Å². The lowest BCUT2D eigenvalue weighted by atomic mass is 10.0. The Kier molecular flexibility index (Phi) is 5.11. The Balaban J connectivity index is 1.66. The molecule has 1 unspecified atom stereocenters. The zero-order chi connectivity index (χ0) is 17.9. The minimum absolute atomic E-state index is 0.168. The number of ether oxygens (including phenoxy) is 2. The number of hydrogen-bond donors (Lipinski definition) is 0. The van der Waals surface area contributed by atoms with Crippen LogP contribution >= 0.6 is 23.2 Å². The lowest BCUT2D eigenvalue weighted by Crippen LogP contribution is -2.04. The van der Waals surface area contributed by atoms with E-state index in [1.165, 1.54) is 0 Å². The third kappa shape index (κ3) is 3.43. The average molecular weight is 386 g/mol. The summed E-state index contributed by atoms with van der Waals surface area (Å²) in [7, 11) is 0. The van der Waals surface area contributed by atoms with Crippen LogP contribution in [0.4, 0.5) is 0 Å². The smallest absolute Gasteiger partial charge is 0.148 e. The number of benzene rings is 2. The van der Waals surface area contributed by atoms with Crippen molar-refractivity contribution in [1.29, 1.82) is 0 Å². The van der Waals surface area contributed by atoms with Crippen molar-refractivity contribution in [3.05, 3.63) is 93.8 Å². The minimum atomic E-state index is -0.168. The van der Waals surface area contributed by atoms with Crippen LogP contribution in [-0.4, -0.2) is 4.98 Å². The first kappa shape index (κ1) is 17.3. The molecule has 26 heavy (non-hydrogen) atoms. The van der Waals surface area contributed by atoms with Crippen LogP contribution in [0.15, 0.2) is 60.8 Å². The van der Waals surface area contributed by atoms with Crippen LogP contribution in [0.5, 0.6) is 5.75 Å². The molecule has 132 valence electrons. The molecule has 0 N–H and O–H groups in total. The minimum Gasteiger partial charge on any atom is -0.487 e. The number of alkyl halides is 1. The van der Waals surface area contributed by atoms with E-state index in [9.17, 15) is 0 Å². The maximum atomic E-state index is 6.11. The fourth-order valence-corrected chi connectivity index (χ4v) is 3.45. The van der Waals surface area contributed by atoms with Crippen LogP contribution in [-0.2, 0) is 23.8 Å². The van der Waals surface area contributed by atoms with Crippen LogP contribution in [0.3, 0.4) is 0 Å². The first-order chi connectivity index (χ1) is 12.8. The fraction of sp³-hybridized carbons (Fsp3) is 0.190. The molecule has 0 saturated heterocycles. The van der Waals surface area contributed by atoms with E-state index in [1.54, 1.807) is 0 Å². The molecule has 0 spiro atoms. The van der Waals surface area contributed by atoms with E-state index in [0.717, 1.165) is 33.7 Å². The quantitative estimate of drug-likeness (QED) is 0.530. The zero-order valence-corrected chi connectivity index (χ0v) is 15.5. The molecule has 1 aliphatic heterocycles. The van der Waals surface area contributed by atoms with Gasteiger partial charge in [0.1, 0.15) is 18.5 Å². The largest absolute Gasteiger partial charge is 0.487 e. The molecule has 0 aliphatic carbocycles. The molecular formula is C21H17Cl2NO2. The van der Waals surface area contributed by atoms with Crippen molar-refractivity contribution < 1.29 is 9.47 Å². The van der Waals surface area contributed by atoms with Crippen LogP contribution in [0.2, 0.25) is 5.02 Å². The van der Waals surface area contributed by atoms with Gasteiger partial charge in [0.2, 0.25) is 0 Å². The van der Waals surface area contributed by atoms with Crippen molar-refractivity contribution in [2.75, 3.05) is 0 Å². The average Bonchev–Trinajstić information content (AvgIpc) is 3.11. The molecule has 1 aliphatic rings. The van der Waals surface area contributed by atoms with Gasteiger partial charge >= 0.3 is 0 Å². The first-order valence-corrected chi connectivity index (χ1v) is 9.28. The van der Waals surface area contributed by atoms with Gasteiger partial charge in [-0.05, 0) is 23.3 Å². The Hall–Kier alpha value is -2.07. The molecule has 0 radical (unpaired) electrons. The van der Waals surface area contributed by atoms with Gasteiger partial charge in [0.05, 0.1) is 18.2 Å². The van der Waals surface area contributed by atoms with Crippen molar-refractivity contribution >= 4 is 23.2 Å². The number of pyridine rings is 1. The van der Waals surface area contributed by atoms with Gasteiger partial charge in [-0.15, -0.1) is 11.6 Å². The van der Waals surface area contributed by atoms with Gasteiger partial charge in [-0.2, -0.15) is 0 Å². The summed E-state index contributed by atoms with van der Waals surface area (Å²) in [5, 5.41) is 0.703. The second kappa shape index (κ2) is 7.67. The monoisotopic (exact) mass is 385 g/mol. The van der Waals surface area contributed by atoms with Crippen molar-refractivity contribution in [2.24, 2.45) is 0 Å². The highest BCUT2D eigenvalue weighted by atomic mass is 35.5. The van der Waals surface area contributed by atoms with Crippen molar-refractivity contribution in [2.45, 2.75) is 25.2 Å². The molecule has 0 fully saturated rings. The second-order valence-corrected chi connectivity index (χ2v) is 6.82. The summed E-state index contributed by atoms with van der Waals surface area (Å²) in [4.78, 5) is 4.51. The van der Waals surface area contributed by atoms with Gasteiger partial charge < -0.3 is 9.47 Å². The summed E-state index contributed by atoms with van der Waals surface area (Å²) in [5.41, 5.74) is 4.92. The lowest BCUT2D eigenvalue weighted by molar-refractivity contribution is 0.0928. The molecule has 3 nitrogen and oxygen atoms in total. The maximum Gasteiger partial charge on any atom is 0.148 e. The van der Waals surface area contributed by atoms with E-state index in [0.29, 0.717) is 24.1 Å². The van der Waals surface area contributed by atoms with Crippen molar-refractivity contribution in [1.82, 2.24) is 4.98 Å². The highest BCUT2D eigenvalue weighted by molar-refractivity contribution is 6.30. The molecule has 2 heterocycles. The molecule has 0 amide bonds. The summed E-state index contributed by atoms with van der Waals surface area (Å²) < 4.78 is 12.1. The molecule has 2 aromatic carbocycles. The molecule has 1 atom stereocenters. The Bertz CT molecular complexity index is 898. The number of halogens is 2. The summed E-state index contributed by atoms with van der Waals surface area (Å²) in [6, 6.07) is 17.7. The zero-order valence-electron chi connectivity index (χ0n) is 14.0. The molecular weight excluding hydrogens is 369 g/mol. The number of hydrogen-bond acceptors (Lipinski definition) is 3. The Morgan fingerprint density at radius 1 is 1.08 bits per heavy atom. The Morgan fingerprint density at radius 2 is 1.85 bits per heavy atom. The predicted molar refractivity (Wildman–Crippen MR) is 103 cm³/mol. The number of nitrogens with zero attached hydrogens (tertiary/aromatic N) is 1. The SMILES string of the molecule is ClCc1ncc2c(c1OCc1ccccc1)COC2c1ccc(Cl)cc1. The van der Waals surface area contributed by atoms with Gasteiger partial charge in [0, 0.05) is 22.3 Å². The molecule has 0 bridgehead atoms. The highest BCUT2D eigenvalue weighted by Crippen LogP contribution is 2.41. The molecule has 5 heteroatoms. The molecule has 4 rings (SSSR count). The van der Waals surface area contributed by atoms with Crippen LogP contribution in [0.1, 0.15) is 34.1 Å². The maximum absolute atomic E-state index is 6.11. The fourth-order valence-electron chi connectivity index (χ4n) is 3.13. The van der Waals surface area contributed by atoms with Crippen LogP contribution in [0, 0.1) is 0 Å². The molecule has 0 saturated carbocycles. The summed E-state index contributed by atoms with van der Waals surface area (Å²) in [6.07, 6.45) is 1.67. The highest BCUT2D eigenvalue weighted by Gasteiger charge is 2.30. The lowest BCUT2D eigenvalue weighted by Gasteiger charge is -2.15. The van der Waals surface area contributed by atoms with Gasteiger partial charge in [-0.1, -0.05) is 54.1 Å². The first-order valence-electron chi connectivity index (χ1n) is 8.36. The molecule has 3 aromatic rings. The summed E-state index contributed by atoms with van der Waals surface area (Å²) in [6.45, 7) is 0.938. The Morgan fingerprint density at radius 3 is 2.58 bits per heavy atom.